The summed E-state index contributed by atoms with van der Waals surface area (Å²) in [6.45, 7) is 6.57. The maximum absolute atomic E-state index is 11.1. The molecule has 0 fully saturated rings. The van der Waals surface area contributed by atoms with Crippen molar-refractivity contribution in [3.8, 4) is 0 Å². The third kappa shape index (κ3) is 4.61. The van der Waals surface area contributed by atoms with Gasteiger partial charge in [-0.3, -0.25) is 4.79 Å². The van der Waals surface area contributed by atoms with E-state index in [2.05, 4.69) is 10.3 Å². The fourth-order valence-electron chi connectivity index (χ4n) is 1.51. The van der Waals surface area contributed by atoms with Crippen LogP contribution < -0.4 is 5.32 Å². The van der Waals surface area contributed by atoms with Gasteiger partial charge in [0, 0.05) is 18.1 Å². The van der Waals surface area contributed by atoms with Gasteiger partial charge in [0.2, 0.25) is 0 Å². The molecule has 90 valence electrons. The van der Waals surface area contributed by atoms with Crippen molar-refractivity contribution in [2.75, 3.05) is 11.9 Å². The summed E-state index contributed by atoms with van der Waals surface area (Å²) in [7, 11) is 0. The molecule has 5 heteroatoms. The molecule has 1 heterocycles. The minimum Gasteiger partial charge on any atom is -0.481 e. The van der Waals surface area contributed by atoms with Crippen molar-refractivity contribution in [3.63, 3.8) is 0 Å². The number of rotatable bonds is 5. The van der Waals surface area contributed by atoms with Crippen molar-refractivity contribution in [2.45, 2.75) is 27.2 Å². The highest BCUT2D eigenvalue weighted by atomic mass is 32.1. The molecule has 0 spiro atoms. The maximum atomic E-state index is 11.1. The molecular weight excluding hydrogens is 224 g/mol. The molecule has 0 saturated carbocycles. The molecular formula is C11H18N2O2S. The molecule has 4 nitrogen and oxygen atoms in total. The van der Waals surface area contributed by atoms with Crippen molar-refractivity contribution in [1.29, 1.82) is 0 Å². The van der Waals surface area contributed by atoms with E-state index in [1.165, 1.54) is 11.3 Å². The van der Waals surface area contributed by atoms with E-state index in [1.54, 1.807) is 6.20 Å². The standard InChI is InChI=1S/C11H18N2O2S/c1-11(2,3)6-8(9(14)15)7-13-10-12-4-5-16-10/h4-5,8H,6-7H2,1-3H3,(H,12,13)(H,14,15). The summed E-state index contributed by atoms with van der Waals surface area (Å²) in [6, 6.07) is 0. The molecule has 0 amide bonds. The van der Waals surface area contributed by atoms with Crippen LogP contribution in [0.4, 0.5) is 5.13 Å². The van der Waals surface area contributed by atoms with Crippen LogP contribution in [0.2, 0.25) is 0 Å². The van der Waals surface area contributed by atoms with E-state index < -0.39 is 5.97 Å². The maximum Gasteiger partial charge on any atom is 0.308 e. The molecule has 1 rings (SSSR count). The van der Waals surface area contributed by atoms with E-state index in [0.717, 1.165) is 5.13 Å². The van der Waals surface area contributed by atoms with E-state index >= 15 is 0 Å². The normalized spacial score (nSPS) is 13.4. The monoisotopic (exact) mass is 242 g/mol. The van der Waals surface area contributed by atoms with Crippen molar-refractivity contribution >= 4 is 22.4 Å². The number of anilines is 1. The Kier molecular flexibility index (Phi) is 4.29. The van der Waals surface area contributed by atoms with Crippen LogP contribution in [-0.4, -0.2) is 22.6 Å². The number of nitrogens with zero attached hydrogens (tertiary/aromatic N) is 1. The molecule has 1 aromatic rings. The van der Waals surface area contributed by atoms with Crippen molar-refractivity contribution in [2.24, 2.45) is 11.3 Å². The van der Waals surface area contributed by atoms with Gasteiger partial charge in [-0.15, -0.1) is 11.3 Å². The Morgan fingerprint density at radius 3 is 2.75 bits per heavy atom. The number of carboxylic acids is 1. The number of hydrogen-bond acceptors (Lipinski definition) is 4. The first-order valence-corrected chi connectivity index (χ1v) is 6.12. The zero-order valence-corrected chi connectivity index (χ0v) is 10.7. The molecule has 0 aliphatic heterocycles. The van der Waals surface area contributed by atoms with Crippen molar-refractivity contribution in [1.82, 2.24) is 4.98 Å². The van der Waals surface area contributed by atoms with E-state index in [1.807, 2.05) is 26.2 Å². The van der Waals surface area contributed by atoms with E-state index in [-0.39, 0.29) is 11.3 Å². The van der Waals surface area contributed by atoms with Crippen LogP contribution in [0.3, 0.4) is 0 Å². The second-order valence-corrected chi connectivity index (χ2v) is 5.91. The van der Waals surface area contributed by atoms with Crippen LogP contribution in [0.15, 0.2) is 11.6 Å². The van der Waals surface area contributed by atoms with Gasteiger partial charge in [-0.2, -0.15) is 0 Å². The summed E-state index contributed by atoms with van der Waals surface area (Å²) >= 11 is 1.48. The minimum absolute atomic E-state index is 0.0214. The van der Waals surface area contributed by atoms with E-state index in [0.29, 0.717) is 13.0 Å². The van der Waals surface area contributed by atoms with Gasteiger partial charge in [-0.05, 0) is 11.8 Å². The molecule has 2 N–H and O–H groups in total. The molecule has 0 saturated heterocycles. The summed E-state index contributed by atoms with van der Waals surface area (Å²) in [5.74, 6) is -1.12. The van der Waals surface area contributed by atoms with Crippen LogP contribution in [0.1, 0.15) is 27.2 Å². The lowest BCUT2D eigenvalue weighted by molar-refractivity contribution is -0.142. The topological polar surface area (TPSA) is 62.2 Å². The molecule has 0 radical (unpaired) electrons. The SMILES string of the molecule is CC(C)(C)CC(CNc1nccs1)C(=O)O. The molecule has 16 heavy (non-hydrogen) atoms. The third-order valence-electron chi connectivity index (χ3n) is 2.14. The van der Waals surface area contributed by atoms with E-state index in [4.69, 9.17) is 5.11 Å². The lowest BCUT2D eigenvalue weighted by Crippen LogP contribution is -2.27. The van der Waals surface area contributed by atoms with Crippen LogP contribution >= 0.6 is 11.3 Å². The Bertz CT molecular complexity index is 330. The zero-order chi connectivity index (χ0) is 12.2. The van der Waals surface area contributed by atoms with Crippen LogP contribution in [0, 0.1) is 11.3 Å². The quantitative estimate of drug-likeness (QED) is 0.833. The van der Waals surface area contributed by atoms with E-state index in [9.17, 15) is 4.79 Å². The second kappa shape index (κ2) is 5.30. The number of aromatic nitrogens is 1. The first-order chi connectivity index (χ1) is 7.38. The lowest BCUT2D eigenvalue weighted by atomic mass is 9.84. The Hall–Kier alpha value is -1.10. The predicted octanol–water partition coefficient (Wildman–Crippen LogP) is 2.69. The largest absolute Gasteiger partial charge is 0.481 e. The second-order valence-electron chi connectivity index (χ2n) is 5.02. The van der Waals surface area contributed by atoms with Crippen LogP contribution in [0.5, 0.6) is 0 Å². The molecule has 0 aliphatic carbocycles. The van der Waals surface area contributed by atoms with Crippen molar-refractivity contribution < 1.29 is 9.90 Å². The molecule has 1 unspecified atom stereocenters. The lowest BCUT2D eigenvalue weighted by Gasteiger charge is -2.23. The average molecular weight is 242 g/mol. The molecule has 1 atom stereocenters. The smallest absolute Gasteiger partial charge is 0.308 e. The van der Waals surface area contributed by atoms with Crippen LogP contribution in [0.25, 0.3) is 0 Å². The minimum atomic E-state index is -0.751. The Morgan fingerprint density at radius 2 is 2.31 bits per heavy atom. The Labute approximate surface area is 99.7 Å². The van der Waals surface area contributed by atoms with Crippen molar-refractivity contribution in [3.05, 3.63) is 11.6 Å². The number of carboxylic acid groups (broad SMARTS) is 1. The van der Waals surface area contributed by atoms with Gasteiger partial charge in [0.05, 0.1) is 5.92 Å². The highest BCUT2D eigenvalue weighted by Crippen LogP contribution is 2.25. The number of thiazole rings is 1. The molecule has 1 aromatic heterocycles. The highest BCUT2D eigenvalue weighted by Gasteiger charge is 2.24. The molecule has 0 aromatic carbocycles. The van der Waals surface area contributed by atoms with Gasteiger partial charge in [0.25, 0.3) is 0 Å². The summed E-state index contributed by atoms with van der Waals surface area (Å²) in [5, 5.41) is 14.8. The van der Waals surface area contributed by atoms with Gasteiger partial charge in [-0.25, -0.2) is 4.98 Å². The summed E-state index contributed by atoms with van der Waals surface area (Å²) in [6.07, 6.45) is 2.35. The number of aliphatic carboxylic acids is 1. The Morgan fingerprint density at radius 1 is 1.62 bits per heavy atom. The highest BCUT2D eigenvalue weighted by molar-refractivity contribution is 7.13. The number of nitrogens with one attached hydrogen (secondary N) is 1. The fourth-order valence-corrected chi connectivity index (χ4v) is 2.05. The average Bonchev–Trinajstić information content (AvgIpc) is 2.62. The summed E-state index contributed by atoms with van der Waals surface area (Å²) < 4.78 is 0. The van der Waals surface area contributed by atoms with Gasteiger partial charge < -0.3 is 10.4 Å². The summed E-state index contributed by atoms with van der Waals surface area (Å²) in [5.41, 5.74) is 0.0214. The third-order valence-corrected chi connectivity index (χ3v) is 2.87. The number of hydrogen-bond donors (Lipinski definition) is 2. The van der Waals surface area contributed by atoms with Gasteiger partial charge >= 0.3 is 5.97 Å². The number of carbonyl (C=O) groups is 1. The first kappa shape index (κ1) is 13.0. The first-order valence-electron chi connectivity index (χ1n) is 5.24. The summed E-state index contributed by atoms with van der Waals surface area (Å²) in [4.78, 5) is 15.1. The van der Waals surface area contributed by atoms with Gasteiger partial charge in [0.15, 0.2) is 5.13 Å². The molecule has 0 bridgehead atoms. The van der Waals surface area contributed by atoms with Gasteiger partial charge in [-0.1, -0.05) is 20.8 Å². The van der Waals surface area contributed by atoms with Gasteiger partial charge in [0.1, 0.15) is 0 Å². The van der Waals surface area contributed by atoms with Crippen LogP contribution in [-0.2, 0) is 4.79 Å². The fraction of sp³-hybridized carbons (Fsp3) is 0.636. The zero-order valence-electron chi connectivity index (χ0n) is 9.86. The molecule has 0 aliphatic rings. The Balaban J connectivity index is 2.49. The predicted molar refractivity (Wildman–Crippen MR) is 65.8 cm³/mol.